The predicted octanol–water partition coefficient (Wildman–Crippen LogP) is -7.14. The topological polar surface area (TPSA) is 277 Å². The van der Waals surface area contributed by atoms with Gasteiger partial charge in [0.1, 0.15) is 36.6 Å². The van der Waals surface area contributed by atoms with Crippen LogP contribution in [0.3, 0.4) is 0 Å². The van der Waals surface area contributed by atoms with Gasteiger partial charge in [-0.05, 0) is 0 Å². The molecule has 0 fully saturated rings. The Morgan fingerprint density at radius 3 is 0.964 bits per heavy atom. The van der Waals surface area contributed by atoms with Gasteiger partial charge in [-0.25, -0.2) is 9.59 Å². The molecule has 0 rings (SSSR count). The number of carbonyl (C=O) groups is 2. The summed E-state index contributed by atoms with van der Waals surface area (Å²) in [5, 5.41) is 104. The van der Waals surface area contributed by atoms with E-state index in [1.54, 1.807) is 0 Å². The van der Waals surface area contributed by atoms with Crippen LogP contribution < -0.4 is 0 Å². The second kappa shape index (κ2) is 17.8. The van der Waals surface area contributed by atoms with E-state index in [0.717, 1.165) is 0 Å². The van der Waals surface area contributed by atoms with Crippen LogP contribution in [0.15, 0.2) is 0 Å². The van der Waals surface area contributed by atoms with Crippen molar-refractivity contribution in [3.05, 3.63) is 0 Å². The molecular formula is C12H26MgO14Zn. The van der Waals surface area contributed by atoms with Crippen molar-refractivity contribution < 1.29 is 93.2 Å². The maximum atomic E-state index is 10.1. The maximum Gasteiger partial charge on any atom is 2.00 e. The quantitative estimate of drug-likeness (QED) is 0.128. The molecule has 0 amide bonds. The Labute approximate surface area is 190 Å². The molecule has 12 N–H and O–H groups in total. The molecule has 0 aromatic carbocycles. The second-order valence-corrected chi connectivity index (χ2v) is 5.03. The third kappa shape index (κ3) is 12.5. The van der Waals surface area contributed by atoms with E-state index in [-0.39, 0.29) is 45.4 Å². The number of carboxylic acid groups (broad SMARTS) is 2. The van der Waals surface area contributed by atoms with Crippen LogP contribution in [-0.2, 0) is 29.1 Å². The van der Waals surface area contributed by atoms with E-state index in [0.29, 0.717) is 0 Å². The Hall–Kier alpha value is -0.0704. The van der Waals surface area contributed by atoms with Crippen LogP contribution in [0.25, 0.3) is 0 Å². The monoisotopic (exact) mass is 482 g/mol. The Morgan fingerprint density at radius 1 is 0.607 bits per heavy atom. The second-order valence-electron chi connectivity index (χ2n) is 5.03. The molecule has 8 atom stereocenters. The van der Waals surface area contributed by atoms with Crippen molar-refractivity contribution in [2.45, 2.75) is 48.8 Å². The van der Waals surface area contributed by atoms with Crippen molar-refractivity contribution in [3.63, 3.8) is 0 Å². The number of hydrogen-bond donors (Lipinski definition) is 12. The summed E-state index contributed by atoms with van der Waals surface area (Å²) in [4.78, 5) is 20.2. The van der Waals surface area contributed by atoms with Gasteiger partial charge in [-0.2, -0.15) is 0 Å². The molecule has 16 heteroatoms. The van der Waals surface area contributed by atoms with E-state index in [9.17, 15) is 9.59 Å². The van der Waals surface area contributed by atoms with Crippen LogP contribution in [-0.4, -0.2) is 158 Å². The van der Waals surface area contributed by atoms with Crippen molar-refractivity contribution >= 4 is 35.0 Å². The van der Waals surface area contributed by atoms with E-state index in [1.807, 2.05) is 0 Å². The third-order valence-electron chi connectivity index (χ3n) is 3.02. The van der Waals surface area contributed by atoms with Gasteiger partial charge in [-0.3, -0.25) is 0 Å². The van der Waals surface area contributed by atoms with E-state index in [1.165, 1.54) is 0 Å². The molecule has 0 bridgehead atoms. The molecule has 0 spiro atoms. The van der Waals surface area contributed by atoms with Crippen molar-refractivity contribution in [2.24, 2.45) is 0 Å². The molecule has 0 aliphatic heterocycles. The van der Waals surface area contributed by atoms with Gasteiger partial charge in [-0.15, -0.1) is 0 Å². The molecule has 0 aromatic heterocycles. The van der Waals surface area contributed by atoms with Crippen molar-refractivity contribution in [1.82, 2.24) is 0 Å². The zero-order valence-electron chi connectivity index (χ0n) is 16.6. The first kappa shape index (κ1) is 35.4. The Kier molecular flexibility index (Phi) is 22.4. The molecule has 0 aromatic rings. The van der Waals surface area contributed by atoms with Crippen LogP contribution in [0.4, 0.5) is 0 Å². The van der Waals surface area contributed by atoms with E-state index < -0.39 is 74.0 Å². The fourth-order valence-electron chi connectivity index (χ4n) is 1.34. The summed E-state index contributed by atoms with van der Waals surface area (Å²) in [6, 6.07) is 0. The first-order valence-corrected chi connectivity index (χ1v) is 6.95. The number of rotatable bonds is 10. The van der Waals surface area contributed by atoms with E-state index >= 15 is 0 Å². The van der Waals surface area contributed by atoms with Crippen molar-refractivity contribution in [2.75, 3.05) is 13.2 Å². The third-order valence-corrected chi connectivity index (χ3v) is 3.02. The molecule has 0 saturated heterocycles. The Balaban J connectivity index is -0.0000000847. The standard InChI is InChI=1S/2C6H12O7.Mg.Zn.2H/c2*7-1-2(8)3(9)4(10)5(11)6(12)13;;;;/h2*2-5,7-11H,1H2,(H,12,13);;;;/q;;+2;;2*-1. The molecular weight excluding hydrogens is 458 g/mol. The number of aliphatic carboxylic acids is 2. The van der Waals surface area contributed by atoms with Crippen LogP contribution in [0, 0.1) is 0 Å². The maximum absolute atomic E-state index is 10.1. The fourth-order valence-corrected chi connectivity index (χ4v) is 1.34. The molecule has 0 aliphatic carbocycles. The van der Waals surface area contributed by atoms with Gasteiger partial charge in [-0.1, -0.05) is 0 Å². The van der Waals surface area contributed by atoms with Crippen LogP contribution in [0.1, 0.15) is 2.85 Å². The molecule has 14 nitrogen and oxygen atoms in total. The van der Waals surface area contributed by atoms with E-state index in [4.69, 9.17) is 61.3 Å². The molecule has 0 heterocycles. The van der Waals surface area contributed by atoms with Crippen LogP contribution in [0.2, 0.25) is 0 Å². The molecule has 0 radical (unpaired) electrons. The van der Waals surface area contributed by atoms with Crippen molar-refractivity contribution in [3.8, 4) is 0 Å². The molecule has 8 unspecified atom stereocenters. The van der Waals surface area contributed by atoms with Crippen LogP contribution in [0.5, 0.6) is 0 Å². The zero-order chi connectivity index (χ0) is 21.2. The summed E-state index contributed by atoms with van der Waals surface area (Å²) in [6.07, 6.45) is -15.7. The molecule has 162 valence electrons. The minimum Gasteiger partial charge on any atom is -1.00 e. The number of hydrogen-bond acceptors (Lipinski definition) is 12. The smallest absolute Gasteiger partial charge is 1.00 e. The summed E-state index contributed by atoms with van der Waals surface area (Å²) in [7, 11) is 0. The molecule has 0 aliphatic rings. The average Bonchev–Trinajstić information content (AvgIpc) is 2.62. The largest absolute Gasteiger partial charge is 2.00 e. The predicted molar refractivity (Wildman–Crippen MR) is 85.5 cm³/mol. The van der Waals surface area contributed by atoms with Gasteiger partial charge in [0.05, 0.1) is 13.2 Å². The Morgan fingerprint density at radius 2 is 0.821 bits per heavy atom. The first-order valence-electron chi connectivity index (χ1n) is 6.95. The van der Waals surface area contributed by atoms with Gasteiger partial charge in [0.2, 0.25) is 0 Å². The summed E-state index contributed by atoms with van der Waals surface area (Å²) in [5.74, 6) is -3.45. The first-order chi connectivity index (χ1) is 11.8. The summed E-state index contributed by atoms with van der Waals surface area (Å²) in [5.41, 5.74) is 0. The molecule has 0 saturated carbocycles. The summed E-state index contributed by atoms with van der Waals surface area (Å²) in [6.45, 7) is -1.69. The zero-order valence-corrected chi connectivity index (χ0v) is 19.0. The normalized spacial score (nSPS) is 18.9. The molecule has 28 heavy (non-hydrogen) atoms. The average molecular weight is 484 g/mol. The van der Waals surface area contributed by atoms with Crippen molar-refractivity contribution in [1.29, 1.82) is 0 Å². The Bertz CT molecular complexity index is 402. The van der Waals surface area contributed by atoms with Crippen LogP contribution >= 0.6 is 0 Å². The fraction of sp³-hybridized carbons (Fsp3) is 0.833. The number of aliphatic hydroxyl groups is 10. The minimum atomic E-state index is -2.20. The summed E-state index contributed by atoms with van der Waals surface area (Å²) >= 11 is 0. The van der Waals surface area contributed by atoms with Gasteiger partial charge in [0.15, 0.2) is 12.2 Å². The summed E-state index contributed by atoms with van der Waals surface area (Å²) < 4.78 is 0. The minimum absolute atomic E-state index is 0. The van der Waals surface area contributed by atoms with E-state index in [2.05, 4.69) is 0 Å². The van der Waals surface area contributed by atoms with Gasteiger partial charge in [0, 0.05) is 19.5 Å². The van der Waals surface area contributed by atoms with Gasteiger partial charge >= 0.3 is 35.0 Å². The van der Waals surface area contributed by atoms with Gasteiger partial charge < -0.3 is 64.1 Å². The van der Waals surface area contributed by atoms with Gasteiger partial charge in [0.25, 0.3) is 0 Å². The SMILES string of the molecule is O=C(O)C(O)C(O)C(O)C(O)CO.O=C(O)C(O)C(O)C(O)C(O)CO.[H-].[H-].[Mg+2].[Zn]. The number of carboxylic acids is 2. The number of aliphatic hydroxyl groups excluding tert-OH is 10.